The zero-order valence-electron chi connectivity index (χ0n) is 13.3. The van der Waals surface area contributed by atoms with E-state index in [1.165, 1.54) is 6.08 Å². The van der Waals surface area contributed by atoms with E-state index in [4.69, 9.17) is 4.74 Å². The Morgan fingerprint density at radius 3 is 2.59 bits per heavy atom. The minimum absolute atomic E-state index is 0. The summed E-state index contributed by atoms with van der Waals surface area (Å²) in [5, 5.41) is 11.7. The number of amidine groups is 1. The number of nitrogens with zero attached hydrogens (tertiary/aromatic N) is 2. The Bertz CT molecular complexity index is 492. The minimum Gasteiger partial charge on any atom is -0.846 e. The number of carbonyl (C=O) groups is 3. The third kappa shape index (κ3) is 4.18. The zero-order valence-corrected chi connectivity index (χ0v) is 15.3. The van der Waals surface area contributed by atoms with Crippen LogP contribution >= 0.6 is 0 Å². The maximum Gasteiger partial charge on any atom is 1.00 e. The van der Waals surface area contributed by atoms with Gasteiger partial charge in [-0.2, -0.15) is 0 Å². The molecule has 1 unspecified atom stereocenters. The van der Waals surface area contributed by atoms with Gasteiger partial charge in [0.1, 0.15) is 12.0 Å². The third-order valence-electron chi connectivity index (χ3n) is 3.25. The second kappa shape index (κ2) is 9.07. The fourth-order valence-electron chi connectivity index (χ4n) is 2.33. The van der Waals surface area contributed by atoms with Crippen molar-refractivity contribution in [3.63, 3.8) is 0 Å². The van der Waals surface area contributed by atoms with E-state index >= 15 is 0 Å². The van der Waals surface area contributed by atoms with Crippen LogP contribution in [-0.4, -0.2) is 41.9 Å². The summed E-state index contributed by atoms with van der Waals surface area (Å²) in [6, 6.07) is -1.02. The van der Waals surface area contributed by atoms with Crippen LogP contribution in [0.25, 0.3) is 0 Å². The molecule has 1 aliphatic rings. The molecule has 7 nitrogen and oxygen atoms in total. The van der Waals surface area contributed by atoms with Crippen molar-refractivity contribution in [2.24, 2.45) is 10.4 Å². The van der Waals surface area contributed by atoms with Gasteiger partial charge in [0.2, 0.25) is 5.91 Å². The Morgan fingerprint density at radius 2 is 2.09 bits per heavy atom. The number of carbonyl (C=O) groups excluding carboxylic acids is 3. The quantitative estimate of drug-likeness (QED) is 0.216. The Morgan fingerprint density at radius 1 is 1.45 bits per heavy atom. The van der Waals surface area contributed by atoms with E-state index in [9.17, 15) is 19.5 Å². The summed E-state index contributed by atoms with van der Waals surface area (Å²) in [7, 11) is 0. The maximum absolute atomic E-state index is 12.6. The number of rotatable bonds is 7. The van der Waals surface area contributed by atoms with Crippen molar-refractivity contribution in [1.29, 1.82) is 0 Å². The number of hydrogen-bond donors (Lipinski definition) is 0. The summed E-state index contributed by atoms with van der Waals surface area (Å²) < 4.78 is 4.72. The molecule has 22 heavy (non-hydrogen) atoms. The van der Waals surface area contributed by atoms with E-state index in [1.807, 2.05) is 6.92 Å². The van der Waals surface area contributed by atoms with Gasteiger partial charge in [-0.3, -0.25) is 19.3 Å². The molecule has 0 saturated heterocycles. The van der Waals surface area contributed by atoms with Crippen LogP contribution in [0.1, 0.15) is 33.1 Å². The van der Waals surface area contributed by atoms with E-state index in [1.54, 1.807) is 6.92 Å². The van der Waals surface area contributed by atoms with Gasteiger partial charge in [-0.1, -0.05) is 19.4 Å². The summed E-state index contributed by atoms with van der Waals surface area (Å²) in [6.45, 7) is 6.58. The molecule has 0 aromatic heterocycles. The van der Waals surface area contributed by atoms with Crippen molar-refractivity contribution < 1.29 is 53.8 Å². The SMILES string of the molecule is C=CCC1(CCC)C(=O)N=C([O-])N(CC(=O)OCC)C1=O.[Na+]. The molecule has 2 amide bonds. The van der Waals surface area contributed by atoms with Crippen molar-refractivity contribution >= 4 is 23.8 Å². The van der Waals surface area contributed by atoms with E-state index in [2.05, 4.69) is 11.6 Å². The predicted octanol–water partition coefficient (Wildman–Crippen LogP) is -3.00. The van der Waals surface area contributed by atoms with Gasteiger partial charge in [-0.05, 0) is 19.8 Å². The molecule has 0 aromatic rings. The first kappa shape index (κ1) is 20.8. The predicted molar refractivity (Wildman–Crippen MR) is 72.9 cm³/mol. The Labute approximate surface area is 151 Å². The van der Waals surface area contributed by atoms with Gasteiger partial charge in [-0.25, -0.2) is 4.99 Å². The fourth-order valence-corrected chi connectivity index (χ4v) is 2.33. The fraction of sp³-hybridized carbons (Fsp3) is 0.571. The molecule has 0 N–H and O–H groups in total. The summed E-state index contributed by atoms with van der Waals surface area (Å²) in [5.41, 5.74) is -1.43. The third-order valence-corrected chi connectivity index (χ3v) is 3.25. The van der Waals surface area contributed by atoms with Crippen LogP contribution in [-0.2, 0) is 19.1 Å². The zero-order chi connectivity index (χ0) is 16.0. The Kier molecular flexibility index (Phi) is 8.58. The van der Waals surface area contributed by atoms with Gasteiger partial charge < -0.3 is 9.84 Å². The normalized spacial score (nSPS) is 21.0. The molecule has 1 rings (SSSR count). The van der Waals surface area contributed by atoms with Gasteiger partial charge in [0.25, 0.3) is 5.91 Å². The second-order valence-electron chi connectivity index (χ2n) is 4.72. The second-order valence-corrected chi connectivity index (χ2v) is 4.72. The number of ether oxygens (including phenoxy) is 1. The summed E-state index contributed by atoms with van der Waals surface area (Å²) in [5.74, 6) is -2.19. The molecule has 0 aliphatic carbocycles. The number of allylic oxidation sites excluding steroid dienone is 1. The van der Waals surface area contributed by atoms with E-state index < -0.39 is 35.8 Å². The van der Waals surface area contributed by atoms with Crippen molar-refractivity contribution in [3.8, 4) is 0 Å². The monoisotopic (exact) mass is 318 g/mol. The average Bonchev–Trinajstić information content (AvgIpc) is 2.42. The Hall–Kier alpha value is -1.18. The smallest absolute Gasteiger partial charge is 0.846 e. The van der Waals surface area contributed by atoms with Crippen molar-refractivity contribution in [1.82, 2.24) is 4.90 Å². The van der Waals surface area contributed by atoms with Crippen LogP contribution in [0.2, 0.25) is 0 Å². The molecule has 8 heteroatoms. The first-order chi connectivity index (χ1) is 9.92. The van der Waals surface area contributed by atoms with Crippen LogP contribution in [0.5, 0.6) is 0 Å². The van der Waals surface area contributed by atoms with Gasteiger partial charge in [0.05, 0.1) is 12.6 Å². The molecule has 0 radical (unpaired) electrons. The summed E-state index contributed by atoms with van der Waals surface area (Å²) in [6.07, 6.45) is 2.32. The van der Waals surface area contributed by atoms with Crippen LogP contribution in [0.4, 0.5) is 0 Å². The molecule has 0 fully saturated rings. The van der Waals surface area contributed by atoms with E-state index in [-0.39, 0.29) is 49.0 Å². The molecular weight excluding hydrogens is 299 g/mol. The van der Waals surface area contributed by atoms with Gasteiger partial charge >= 0.3 is 35.5 Å². The van der Waals surface area contributed by atoms with Gasteiger partial charge in [0.15, 0.2) is 0 Å². The Balaban J connectivity index is 0.00000441. The van der Waals surface area contributed by atoms with E-state index in [0.717, 1.165) is 0 Å². The molecule has 116 valence electrons. The van der Waals surface area contributed by atoms with Gasteiger partial charge in [0, 0.05) is 0 Å². The molecule has 0 spiro atoms. The molecular formula is C14H19N2NaO5. The number of aliphatic imine (C=N–C) groups is 1. The molecule has 0 aromatic carbocycles. The number of amides is 2. The van der Waals surface area contributed by atoms with E-state index in [0.29, 0.717) is 11.3 Å². The molecule has 0 saturated carbocycles. The summed E-state index contributed by atoms with van der Waals surface area (Å²) >= 11 is 0. The first-order valence-corrected chi connectivity index (χ1v) is 6.81. The molecule has 1 heterocycles. The molecule has 1 atom stereocenters. The number of esters is 1. The van der Waals surface area contributed by atoms with Crippen molar-refractivity contribution in [2.45, 2.75) is 33.1 Å². The van der Waals surface area contributed by atoms with Crippen LogP contribution in [0.15, 0.2) is 17.6 Å². The van der Waals surface area contributed by atoms with Crippen LogP contribution < -0.4 is 34.7 Å². The first-order valence-electron chi connectivity index (χ1n) is 6.81. The standard InChI is InChI=1S/C14H20N2O5.Na/c1-4-7-14(8-5-2)11(18)15-13(20)16(12(14)19)9-10(17)21-6-3;/h4H,1,5-9H2,2-3H3,(H,15,18,20);/q;+1/p-1. The largest absolute Gasteiger partial charge is 1.00 e. The maximum atomic E-state index is 12.6. The minimum atomic E-state index is -1.43. The van der Waals surface area contributed by atoms with Crippen LogP contribution in [0.3, 0.4) is 0 Å². The summed E-state index contributed by atoms with van der Waals surface area (Å²) in [4.78, 5) is 40.2. The molecule has 1 aliphatic heterocycles. The van der Waals surface area contributed by atoms with Gasteiger partial charge in [-0.15, -0.1) is 6.58 Å². The average molecular weight is 318 g/mol. The van der Waals surface area contributed by atoms with Crippen molar-refractivity contribution in [3.05, 3.63) is 12.7 Å². The van der Waals surface area contributed by atoms with Crippen molar-refractivity contribution in [2.75, 3.05) is 13.2 Å². The number of hydrogen-bond acceptors (Lipinski definition) is 5. The molecule has 0 bridgehead atoms. The topological polar surface area (TPSA) is 99.1 Å². The van der Waals surface area contributed by atoms with Crippen LogP contribution in [0, 0.1) is 5.41 Å².